The zero-order chi connectivity index (χ0) is 76.2. The van der Waals surface area contributed by atoms with Crippen molar-refractivity contribution in [2.24, 2.45) is 0 Å². The van der Waals surface area contributed by atoms with Crippen molar-refractivity contribution >= 4 is 69.8 Å². The highest BCUT2D eigenvalue weighted by Crippen LogP contribution is 2.35. The van der Waals surface area contributed by atoms with Crippen LogP contribution in [-0.2, 0) is 6.54 Å². The third-order valence-corrected chi connectivity index (χ3v) is 16.9. The summed E-state index contributed by atoms with van der Waals surface area (Å²) in [6, 6.07) is 29.8. The first-order valence-electron chi connectivity index (χ1n) is 35.6. The molecule has 0 saturated carbocycles. The van der Waals surface area contributed by atoms with Crippen LogP contribution in [0.4, 0.5) is 69.8 Å². The van der Waals surface area contributed by atoms with Gasteiger partial charge in [0.2, 0.25) is 23.8 Å². The second kappa shape index (κ2) is 40.6. The van der Waals surface area contributed by atoms with E-state index >= 15 is 0 Å². The third kappa shape index (κ3) is 24.9. The lowest BCUT2D eigenvalue weighted by atomic mass is 10.2. The molecule has 32 nitrogen and oxygen atoms in total. The van der Waals surface area contributed by atoms with Crippen LogP contribution in [0, 0.1) is 27.7 Å². The number of aliphatic hydroxyl groups excluding tert-OH is 3. The summed E-state index contributed by atoms with van der Waals surface area (Å²) in [5.41, 5.74) is 8.54. The number of benzene rings is 4. The number of aliphatic hydroxyl groups is 3. The van der Waals surface area contributed by atoms with Gasteiger partial charge in [0.05, 0.1) is 34.6 Å². The number of aromatic nitrogens is 10. The molecule has 107 heavy (non-hydrogen) atoms. The molecule has 5 aromatic heterocycles. The highest BCUT2D eigenvalue weighted by molar-refractivity contribution is 5.65. The summed E-state index contributed by atoms with van der Waals surface area (Å²) in [6.07, 6.45) is 5.79. The maximum atomic E-state index is 10.2. The van der Waals surface area contributed by atoms with Crippen molar-refractivity contribution in [2.45, 2.75) is 71.8 Å². The van der Waals surface area contributed by atoms with Gasteiger partial charge in [-0.05, 0) is 148 Å². The van der Waals surface area contributed by atoms with Crippen LogP contribution in [0.1, 0.15) is 47.6 Å². The molecule has 9 aromatic rings. The molecule has 1 unspecified atom stereocenters. The van der Waals surface area contributed by atoms with E-state index in [9.17, 15) is 15.3 Å². The van der Waals surface area contributed by atoms with Gasteiger partial charge in [-0.3, -0.25) is 0 Å². The molecule has 0 spiro atoms. The molecule has 3 aliphatic heterocycles. The summed E-state index contributed by atoms with van der Waals surface area (Å²) in [4.78, 5) is 41.8. The largest absolute Gasteiger partial charge is 0.494 e. The Morgan fingerprint density at radius 1 is 0.383 bits per heavy atom. The van der Waals surface area contributed by atoms with Crippen molar-refractivity contribution in [3.8, 4) is 45.9 Å². The SMILES string of the molecule is CNCc1cnn(-c2cc(Nc3nc(C)cc(NC)n3)ccc2OC)c1.CNc1cc(C)nc(Nc2ccc(OC)c(OCC(O)CN3CCC3)c2)n1.CNc1cc(C)nc(Nc2ccc(OC)c(OC[C@@H](O)CN3CCC3)c2)n1.CNc1cc(C)nc(Nc2ccc(OC)c(OC[C@H](O)CN3CCC3)c2)n1. The number of β-amino-alcohol motifs (C(OH)–C–C–N with tert-alkyl or cyclic N) is 3. The summed E-state index contributed by atoms with van der Waals surface area (Å²) in [6.45, 7) is 17.2. The first-order valence-corrected chi connectivity index (χ1v) is 35.6. The fourth-order valence-corrected chi connectivity index (χ4v) is 11.2. The lowest BCUT2D eigenvalue weighted by molar-refractivity contribution is 0.0459. The van der Waals surface area contributed by atoms with E-state index in [1.165, 1.54) is 19.3 Å². The molecule has 12 rings (SSSR count). The van der Waals surface area contributed by atoms with Crippen molar-refractivity contribution in [1.29, 1.82) is 0 Å². The van der Waals surface area contributed by atoms with Crippen LogP contribution in [0.2, 0.25) is 0 Å². The average Bonchev–Trinajstić information content (AvgIpc) is 1.78. The summed E-state index contributed by atoms with van der Waals surface area (Å²) >= 11 is 0. The van der Waals surface area contributed by atoms with E-state index in [0.717, 1.165) is 132 Å². The smallest absolute Gasteiger partial charge is 0.229 e. The van der Waals surface area contributed by atoms with Crippen LogP contribution < -0.4 is 81.0 Å². The monoisotopic (exact) mass is 1470 g/mol. The van der Waals surface area contributed by atoms with Crippen LogP contribution in [0.15, 0.2) is 109 Å². The van der Waals surface area contributed by atoms with E-state index < -0.39 is 18.3 Å². The van der Waals surface area contributed by atoms with Gasteiger partial charge in [0.25, 0.3) is 0 Å². The van der Waals surface area contributed by atoms with E-state index in [1.54, 1.807) is 33.1 Å². The molecule has 3 atom stereocenters. The van der Waals surface area contributed by atoms with E-state index in [-0.39, 0.29) is 19.8 Å². The van der Waals surface area contributed by atoms with Gasteiger partial charge >= 0.3 is 0 Å². The zero-order valence-corrected chi connectivity index (χ0v) is 63.5. The van der Waals surface area contributed by atoms with E-state index in [1.807, 2.05) is 172 Å². The van der Waals surface area contributed by atoms with Crippen LogP contribution in [-0.4, -0.2) is 240 Å². The van der Waals surface area contributed by atoms with Crippen LogP contribution in [0.25, 0.3) is 5.69 Å². The standard InChI is InChI=1S/3C19H27N5O3.C18H23N7O/c3*1-13-9-18(20-2)23-19(21-13)22-14-5-6-16(26-3)17(10-14)27-12-15(25)11-24-7-4-8-24;1-12-7-17(20-3)24-18(22-12)23-14-5-6-16(26-4)15(8-14)25-11-13(9-19-2)10-21-25/h3*5-6,9-10,15,25H,4,7-8,11-12H2,1-3H3,(H2,20,21,22,23);5-8,10-11,19H,9H2,1-4H3,(H2,20,22,23,24)/t2*15-;;/m10../s1. The second-order valence-electron chi connectivity index (χ2n) is 25.5. The molecule has 574 valence electrons. The maximum absolute atomic E-state index is 10.2. The van der Waals surface area contributed by atoms with Gasteiger partial charge in [0, 0.05) is 154 Å². The molecule has 0 bridgehead atoms. The Bertz CT molecular complexity index is 3950. The highest BCUT2D eigenvalue weighted by Gasteiger charge is 2.23. The predicted octanol–water partition coefficient (Wildman–Crippen LogP) is 8.56. The van der Waals surface area contributed by atoms with E-state index in [0.29, 0.717) is 77.9 Å². The summed E-state index contributed by atoms with van der Waals surface area (Å²) in [7, 11) is 15.6. The van der Waals surface area contributed by atoms with Crippen molar-refractivity contribution in [3.05, 3.63) is 138 Å². The minimum absolute atomic E-state index is 0.209. The number of hydrogen-bond acceptors (Lipinski definition) is 31. The Morgan fingerprint density at radius 2 is 0.682 bits per heavy atom. The Morgan fingerprint density at radius 3 is 0.953 bits per heavy atom. The number of aryl methyl sites for hydroxylation is 4. The molecular formula is C75H104N22O10. The van der Waals surface area contributed by atoms with Gasteiger partial charge in [0.1, 0.15) is 72.8 Å². The van der Waals surface area contributed by atoms with Crippen molar-refractivity contribution < 1.29 is 48.5 Å². The quantitative estimate of drug-likeness (QED) is 0.0180. The zero-order valence-electron chi connectivity index (χ0n) is 63.5. The van der Waals surface area contributed by atoms with Gasteiger partial charge < -0.3 is 111 Å². The first kappa shape index (κ1) is 80.2. The van der Waals surface area contributed by atoms with Gasteiger partial charge in [-0.15, -0.1) is 0 Å². The number of nitrogens with zero attached hydrogens (tertiary/aromatic N) is 13. The lowest BCUT2D eigenvalue weighted by Gasteiger charge is -2.32. The summed E-state index contributed by atoms with van der Waals surface area (Å²) < 4.78 is 40.8. The number of hydrogen-bond donors (Lipinski definition) is 12. The van der Waals surface area contributed by atoms with Gasteiger partial charge in [0.15, 0.2) is 34.5 Å². The van der Waals surface area contributed by atoms with Gasteiger partial charge in [-0.25, -0.2) is 24.6 Å². The van der Waals surface area contributed by atoms with Crippen LogP contribution in [0.3, 0.4) is 0 Å². The Balaban J connectivity index is 0.000000165. The molecule has 4 aromatic carbocycles. The molecule has 3 aliphatic rings. The maximum Gasteiger partial charge on any atom is 0.229 e. The molecule has 12 N–H and O–H groups in total. The van der Waals surface area contributed by atoms with Crippen LogP contribution in [0.5, 0.6) is 40.2 Å². The fourth-order valence-electron chi connectivity index (χ4n) is 11.2. The normalized spacial score (nSPS) is 13.9. The Kier molecular flexibility index (Phi) is 30.4. The predicted molar refractivity (Wildman–Crippen MR) is 418 cm³/mol. The Hall–Kier alpha value is -10.9. The number of methoxy groups -OCH3 is 4. The molecule has 8 heterocycles. The number of ether oxygens (including phenoxy) is 7. The minimum atomic E-state index is -0.537. The first-order chi connectivity index (χ1) is 51.8. The van der Waals surface area contributed by atoms with E-state index in [4.69, 9.17) is 33.2 Å². The average molecular weight is 1470 g/mol. The molecule has 0 amide bonds. The Labute approximate surface area is 625 Å². The van der Waals surface area contributed by atoms with Crippen LogP contribution >= 0.6 is 0 Å². The molecule has 3 fully saturated rings. The van der Waals surface area contributed by atoms with Gasteiger partial charge in [-0.2, -0.15) is 25.0 Å². The number of rotatable bonds is 34. The molecule has 32 heteroatoms. The third-order valence-electron chi connectivity index (χ3n) is 16.9. The summed E-state index contributed by atoms with van der Waals surface area (Å²) in [5, 5.41) is 62.9. The molecular weight excluding hydrogens is 1370 g/mol. The number of anilines is 12. The molecule has 0 radical (unpaired) electrons. The highest BCUT2D eigenvalue weighted by atomic mass is 16.5. The minimum Gasteiger partial charge on any atom is -0.494 e. The van der Waals surface area contributed by atoms with Crippen molar-refractivity contribution in [1.82, 2.24) is 69.7 Å². The van der Waals surface area contributed by atoms with Crippen molar-refractivity contribution in [3.63, 3.8) is 0 Å². The second-order valence-corrected chi connectivity index (χ2v) is 25.5. The van der Waals surface area contributed by atoms with Gasteiger partial charge in [-0.1, -0.05) is 0 Å². The molecule has 0 aliphatic carbocycles. The van der Waals surface area contributed by atoms with E-state index in [2.05, 4.69) is 108 Å². The summed E-state index contributed by atoms with van der Waals surface area (Å²) in [5.74, 6) is 9.24. The molecule has 3 saturated heterocycles. The topological polar surface area (TPSA) is 364 Å². The number of likely N-dealkylation sites (tertiary alicyclic amines) is 3. The lowest BCUT2D eigenvalue weighted by Crippen LogP contribution is -2.43. The number of nitrogens with one attached hydrogen (secondary N) is 9. The fraction of sp³-hybridized carbons (Fsp3) is 0.427. The van der Waals surface area contributed by atoms with Crippen molar-refractivity contribution in [2.75, 3.05) is 185 Å².